The second-order valence-electron chi connectivity index (χ2n) is 5.79. The zero-order chi connectivity index (χ0) is 15.8. The predicted molar refractivity (Wildman–Crippen MR) is 90.5 cm³/mol. The average molecular weight is 304 g/mol. The molecule has 4 heteroatoms. The van der Waals surface area contributed by atoms with Crippen LogP contribution in [0.25, 0.3) is 10.9 Å². The van der Waals surface area contributed by atoms with Gasteiger partial charge >= 0.3 is 5.97 Å². The number of nitrogens with zero attached hydrogens (tertiary/aromatic N) is 1. The molecular weight excluding hydrogens is 288 g/mol. The van der Waals surface area contributed by atoms with Crippen molar-refractivity contribution < 1.29 is 9.90 Å². The van der Waals surface area contributed by atoms with Crippen LogP contribution in [0, 0.1) is 0 Å². The van der Waals surface area contributed by atoms with E-state index in [1.165, 1.54) is 11.3 Å². The summed E-state index contributed by atoms with van der Waals surface area (Å²) >= 11 is 0. The van der Waals surface area contributed by atoms with Crippen LogP contribution in [0.5, 0.6) is 0 Å². The minimum Gasteiger partial charge on any atom is -0.478 e. The molecule has 1 aliphatic rings. The van der Waals surface area contributed by atoms with E-state index in [1.807, 2.05) is 18.2 Å². The number of benzene rings is 2. The summed E-state index contributed by atoms with van der Waals surface area (Å²) < 4.78 is 0. The van der Waals surface area contributed by atoms with Gasteiger partial charge in [-0.3, -0.25) is 4.98 Å². The van der Waals surface area contributed by atoms with Crippen LogP contribution >= 0.6 is 0 Å². The first-order valence-corrected chi connectivity index (χ1v) is 7.73. The lowest BCUT2D eigenvalue weighted by Crippen LogP contribution is -2.01. The van der Waals surface area contributed by atoms with Crippen LogP contribution in [0.3, 0.4) is 0 Å². The molecule has 0 atom stereocenters. The van der Waals surface area contributed by atoms with Gasteiger partial charge in [-0.25, -0.2) is 4.79 Å². The molecule has 2 N–H and O–H groups in total. The number of carboxylic acid groups (broad SMARTS) is 1. The van der Waals surface area contributed by atoms with E-state index in [-0.39, 0.29) is 0 Å². The number of anilines is 2. The lowest BCUT2D eigenvalue weighted by molar-refractivity contribution is 0.0697. The number of fused-ring (bicyclic) bond motifs is 2. The molecule has 114 valence electrons. The van der Waals surface area contributed by atoms with Crippen molar-refractivity contribution in [1.82, 2.24) is 4.98 Å². The van der Waals surface area contributed by atoms with Gasteiger partial charge in [-0.1, -0.05) is 18.2 Å². The van der Waals surface area contributed by atoms with Gasteiger partial charge in [0.1, 0.15) is 0 Å². The van der Waals surface area contributed by atoms with E-state index in [2.05, 4.69) is 11.4 Å². The standard InChI is InChI=1S/C19H16N2O2/c22-19(23)12-8-10-13(11-9-12)20-18-14-4-1-2-6-16(14)21-17-7-3-5-15(17)18/h1-2,4,6,8-11H,3,5,7H2,(H,20,21)(H,22,23). The van der Waals surface area contributed by atoms with Crippen molar-refractivity contribution in [2.24, 2.45) is 0 Å². The first-order valence-electron chi connectivity index (χ1n) is 7.73. The minimum absolute atomic E-state index is 0.292. The molecule has 1 aliphatic carbocycles. The Bertz CT molecular complexity index is 901. The number of hydrogen-bond donors (Lipinski definition) is 2. The fourth-order valence-electron chi connectivity index (χ4n) is 3.19. The van der Waals surface area contributed by atoms with Crippen LogP contribution in [-0.4, -0.2) is 16.1 Å². The van der Waals surface area contributed by atoms with Crippen molar-refractivity contribution in [2.45, 2.75) is 19.3 Å². The second-order valence-corrected chi connectivity index (χ2v) is 5.79. The highest BCUT2D eigenvalue weighted by molar-refractivity contribution is 5.95. The third-order valence-corrected chi connectivity index (χ3v) is 4.32. The van der Waals surface area contributed by atoms with Crippen molar-refractivity contribution in [2.75, 3.05) is 5.32 Å². The molecule has 1 heterocycles. The Balaban J connectivity index is 1.80. The molecule has 0 aliphatic heterocycles. The summed E-state index contributed by atoms with van der Waals surface area (Å²) in [5.41, 5.74) is 5.74. The van der Waals surface area contributed by atoms with Crippen LogP contribution < -0.4 is 5.32 Å². The normalized spacial score (nSPS) is 13.0. The average Bonchev–Trinajstić information content (AvgIpc) is 3.03. The smallest absolute Gasteiger partial charge is 0.335 e. The fraction of sp³-hybridized carbons (Fsp3) is 0.158. The SMILES string of the molecule is O=C(O)c1ccc(Nc2c3c(nc4ccccc24)CCC3)cc1. The summed E-state index contributed by atoms with van der Waals surface area (Å²) in [6.07, 6.45) is 3.18. The maximum absolute atomic E-state index is 11.0. The molecule has 1 aromatic heterocycles. The van der Waals surface area contributed by atoms with Crippen LogP contribution in [0.15, 0.2) is 48.5 Å². The maximum atomic E-state index is 11.0. The molecule has 0 fully saturated rings. The number of carboxylic acids is 1. The Morgan fingerprint density at radius 2 is 1.83 bits per heavy atom. The summed E-state index contributed by atoms with van der Waals surface area (Å²) in [6, 6.07) is 15.0. The zero-order valence-corrected chi connectivity index (χ0v) is 12.5. The molecular formula is C19H16N2O2. The van der Waals surface area contributed by atoms with Crippen molar-refractivity contribution in [3.05, 3.63) is 65.4 Å². The molecule has 0 amide bonds. The van der Waals surface area contributed by atoms with E-state index >= 15 is 0 Å². The molecule has 0 saturated carbocycles. The van der Waals surface area contributed by atoms with E-state index < -0.39 is 5.97 Å². The Morgan fingerprint density at radius 1 is 1.04 bits per heavy atom. The number of aromatic carboxylic acids is 1. The summed E-state index contributed by atoms with van der Waals surface area (Å²) in [5.74, 6) is -0.910. The lowest BCUT2D eigenvalue weighted by atomic mass is 10.1. The highest BCUT2D eigenvalue weighted by atomic mass is 16.4. The van der Waals surface area contributed by atoms with Crippen LogP contribution in [0.4, 0.5) is 11.4 Å². The minimum atomic E-state index is -0.910. The maximum Gasteiger partial charge on any atom is 0.335 e. The van der Waals surface area contributed by atoms with Gasteiger partial charge in [-0.05, 0) is 55.2 Å². The Hall–Kier alpha value is -2.88. The molecule has 23 heavy (non-hydrogen) atoms. The Labute approximate surface area is 133 Å². The monoisotopic (exact) mass is 304 g/mol. The highest BCUT2D eigenvalue weighted by Gasteiger charge is 2.19. The first kappa shape index (κ1) is 13.8. The van der Waals surface area contributed by atoms with Crippen LogP contribution in [-0.2, 0) is 12.8 Å². The zero-order valence-electron chi connectivity index (χ0n) is 12.5. The van der Waals surface area contributed by atoms with Gasteiger partial charge in [0.05, 0.1) is 16.8 Å². The number of aromatic nitrogens is 1. The van der Waals surface area contributed by atoms with E-state index in [0.717, 1.165) is 41.5 Å². The van der Waals surface area contributed by atoms with E-state index in [0.29, 0.717) is 5.56 Å². The Kier molecular flexibility index (Phi) is 3.23. The van der Waals surface area contributed by atoms with Crippen molar-refractivity contribution >= 4 is 28.2 Å². The largest absolute Gasteiger partial charge is 0.478 e. The molecule has 0 spiro atoms. The van der Waals surface area contributed by atoms with Crippen molar-refractivity contribution in [3.8, 4) is 0 Å². The fourth-order valence-corrected chi connectivity index (χ4v) is 3.19. The van der Waals surface area contributed by atoms with Gasteiger partial charge in [-0.15, -0.1) is 0 Å². The van der Waals surface area contributed by atoms with Gasteiger partial charge in [0, 0.05) is 16.8 Å². The summed E-state index contributed by atoms with van der Waals surface area (Å²) in [6.45, 7) is 0. The summed E-state index contributed by atoms with van der Waals surface area (Å²) in [7, 11) is 0. The number of aryl methyl sites for hydroxylation is 1. The van der Waals surface area contributed by atoms with E-state index in [4.69, 9.17) is 10.1 Å². The molecule has 2 aromatic carbocycles. The number of rotatable bonds is 3. The van der Waals surface area contributed by atoms with Gasteiger partial charge < -0.3 is 10.4 Å². The third kappa shape index (κ3) is 2.42. The molecule has 3 aromatic rings. The van der Waals surface area contributed by atoms with Gasteiger partial charge in [0.25, 0.3) is 0 Å². The highest BCUT2D eigenvalue weighted by Crippen LogP contribution is 2.35. The number of hydrogen-bond acceptors (Lipinski definition) is 3. The predicted octanol–water partition coefficient (Wildman–Crippen LogP) is 4.17. The molecule has 4 nitrogen and oxygen atoms in total. The van der Waals surface area contributed by atoms with Crippen molar-refractivity contribution in [1.29, 1.82) is 0 Å². The van der Waals surface area contributed by atoms with Crippen LogP contribution in [0.2, 0.25) is 0 Å². The lowest BCUT2D eigenvalue weighted by Gasteiger charge is -2.15. The molecule has 0 radical (unpaired) electrons. The quantitative estimate of drug-likeness (QED) is 0.762. The van der Waals surface area contributed by atoms with Gasteiger partial charge in [0.15, 0.2) is 0 Å². The van der Waals surface area contributed by atoms with Gasteiger partial charge in [-0.2, -0.15) is 0 Å². The Morgan fingerprint density at radius 3 is 2.61 bits per heavy atom. The number of carbonyl (C=O) groups is 1. The summed E-state index contributed by atoms with van der Waals surface area (Å²) in [4.78, 5) is 15.7. The van der Waals surface area contributed by atoms with E-state index in [9.17, 15) is 4.79 Å². The van der Waals surface area contributed by atoms with E-state index in [1.54, 1.807) is 24.3 Å². The molecule has 4 rings (SSSR count). The molecule has 0 saturated heterocycles. The van der Waals surface area contributed by atoms with Crippen LogP contribution in [0.1, 0.15) is 28.0 Å². The van der Waals surface area contributed by atoms with Crippen molar-refractivity contribution in [3.63, 3.8) is 0 Å². The second kappa shape index (κ2) is 5.39. The number of nitrogens with one attached hydrogen (secondary N) is 1. The topological polar surface area (TPSA) is 62.2 Å². The first-order chi connectivity index (χ1) is 11.2. The molecule has 0 bridgehead atoms. The molecule has 0 unspecified atom stereocenters. The summed E-state index contributed by atoms with van der Waals surface area (Å²) in [5, 5.41) is 13.6. The number of pyridine rings is 1. The third-order valence-electron chi connectivity index (χ3n) is 4.32. The van der Waals surface area contributed by atoms with Gasteiger partial charge in [0.2, 0.25) is 0 Å². The number of para-hydroxylation sites is 1.